The molecular formula is C24H26ClNO3. The van der Waals surface area contributed by atoms with E-state index in [1.54, 1.807) is 41.3 Å². The van der Waals surface area contributed by atoms with E-state index in [-0.39, 0.29) is 11.3 Å². The van der Waals surface area contributed by atoms with Gasteiger partial charge in [0.05, 0.1) is 11.6 Å². The number of carbonyl (C=O) groups is 2. The first-order chi connectivity index (χ1) is 14.0. The highest BCUT2D eigenvalue weighted by atomic mass is 35.5. The molecule has 3 rings (SSSR count). The maximum Gasteiger partial charge on any atom is 0.295 e. The van der Waals surface area contributed by atoms with Gasteiger partial charge in [0.15, 0.2) is 0 Å². The second-order valence-corrected chi connectivity index (χ2v) is 7.74. The lowest BCUT2D eigenvalue weighted by Crippen LogP contribution is -2.30. The normalized spacial score (nSPS) is 18.4. The number of Topliss-reactive ketones (excluding diaryl/α,β-unsaturated/α-hetero) is 1. The van der Waals surface area contributed by atoms with Crippen LogP contribution in [0.1, 0.15) is 55.8 Å². The summed E-state index contributed by atoms with van der Waals surface area (Å²) in [6.45, 7) is 4.61. The highest BCUT2D eigenvalue weighted by Gasteiger charge is 2.45. The van der Waals surface area contributed by atoms with Gasteiger partial charge in [0.2, 0.25) is 0 Å². The summed E-state index contributed by atoms with van der Waals surface area (Å²) in [5, 5.41) is 11.6. The smallest absolute Gasteiger partial charge is 0.295 e. The monoisotopic (exact) mass is 411 g/mol. The summed E-state index contributed by atoms with van der Waals surface area (Å²) in [7, 11) is 0. The van der Waals surface area contributed by atoms with Crippen LogP contribution >= 0.6 is 11.6 Å². The Hall–Kier alpha value is -2.59. The predicted octanol–water partition coefficient (Wildman–Crippen LogP) is 5.51. The highest BCUT2D eigenvalue weighted by molar-refractivity contribution is 6.46. The molecule has 152 valence electrons. The highest BCUT2D eigenvalue weighted by Crippen LogP contribution is 2.39. The van der Waals surface area contributed by atoms with Crippen LogP contribution in [0.2, 0.25) is 5.02 Å². The van der Waals surface area contributed by atoms with E-state index in [9.17, 15) is 14.7 Å². The molecule has 4 nitrogen and oxygen atoms in total. The first-order valence-corrected chi connectivity index (χ1v) is 10.5. The van der Waals surface area contributed by atoms with Gasteiger partial charge in [-0.25, -0.2) is 0 Å². The standard InChI is InChI=1S/C24H26ClNO3/c1-3-5-6-15-26-21(17-11-13-19(25)14-12-17)20(23(28)24(26)29)22(27)18-9-7-16(4-2)8-10-18/h7-14,21,27H,3-6,15H2,1-2H3/b22-20-. The van der Waals surface area contributed by atoms with E-state index in [1.165, 1.54) is 0 Å². The van der Waals surface area contributed by atoms with Crippen LogP contribution in [-0.2, 0) is 16.0 Å². The van der Waals surface area contributed by atoms with E-state index in [2.05, 4.69) is 13.8 Å². The number of hydrogen-bond donors (Lipinski definition) is 1. The molecule has 0 aliphatic carbocycles. The number of likely N-dealkylation sites (tertiary alicyclic amines) is 1. The third-order valence-electron chi connectivity index (χ3n) is 5.36. The van der Waals surface area contributed by atoms with Crippen molar-refractivity contribution in [1.29, 1.82) is 0 Å². The van der Waals surface area contributed by atoms with Crippen molar-refractivity contribution in [3.05, 3.63) is 75.8 Å². The first kappa shape index (κ1) is 21.1. The zero-order chi connectivity index (χ0) is 21.0. The molecule has 2 aromatic rings. The fraction of sp³-hybridized carbons (Fsp3) is 0.333. The summed E-state index contributed by atoms with van der Waals surface area (Å²) in [5.41, 5.74) is 2.57. The van der Waals surface area contributed by atoms with Crippen molar-refractivity contribution in [3.63, 3.8) is 0 Å². The van der Waals surface area contributed by atoms with Gasteiger partial charge in [-0.1, -0.05) is 74.7 Å². The summed E-state index contributed by atoms with van der Waals surface area (Å²) in [6, 6.07) is 13.9. The molecule has 1 fully saturated rings. The van der Waals surface area contributed by atoms with Crippen LogP contribution < -0.4 is 0 Å². The average Bonchev–Trinajstić information content (AvgIpc) is 2.99. The molecule has 1 amide bonds. The van der Waals surface area contributed by atoms with E-state index in [0.29, 0.717) is 17.1 Å². The molecule has 29 heavy (non-hydrogen) atoms. The molecule has 1 unspecified atom stereocenters. The number of nitrogens with zero attached hydrogens (tertiary/aromatic N) is 1. The van der Waals surface area contributed by atoms with E-state index in [1.807, 2.05) is 12.1 Å². The number of carbonyl (C=O) groups excluding carboxylic acids is 2. The Morgan fingerprint density at radius 3 is 2.24 bits per heavy atom. The lowest BCUT2D eigenvalue weighted by Gasteiger charge is -2.25. The summed E-state index contributed by atoms with van der Waals surface area (Å²) >= 11 is 6.03. The molecule has 5 heteroatoms. The minimum absolute atomic E-state index is 0.135. The van der Waals surface area contributed by atoms with Gasteiger partial charge in [0.1, 0.15) is 5.76 Å². The van der Waals surface area contributed by atoms with Gasteiger partial charge in [-0.2, -0.15) is 0 Å². The summed E-state index contributed by atoms with van der Waals surface area (Å²) < 4.78 is 0. The Balaban J connectivity index is 2.09. The van der Waals surface area contributed by atoms with Crippen molar-refractivity contribution in [2.24, 2.45) is 0 Å². The number of unbranched alkanes of at least 4 members (excludes halogenated alkanes) is 2. The molecule has 0 saturated carbocycles. The molecular weight excluding hydrogens is 386 g/mol. The number of rotatable bonds is 7. The molecule has 1 N–H and O–H groups in total. The predicted molar refractivity (Wildman–Crippen MR) is 116 cm³/mol. The number of halogens is 1. The zero-order valence-electron chi connectivity index (χ0n) is 16.8. The quantitative estimate of drug-likeness (QED) is 0.282. The van der Waals surface area contributed by atoms with E-state index >= 15 is 0 Å². The molecule has 1 aliphatic heterocycles. The molecule has 0 aromatic heterocycles. The largest absolute Gasteiger partial charge is 0.507 e. The Morgan fingerprint density at radius 1 is 1.00 bits per heavy atom. The van der Waals surface area contributed by atoms with E-state index in [0.717, 1.165) is 36.8 Å². The number of aliphatic hydroxyl groups is 1. The fourth-order valence-corrected chi connectivity index (χ4v) is 3.81. The topological polar surface area (TPSA) is 57.6 Å². The van der Waals surface area contributed by atoms with Crippen LogP contribution in [0.15, 0.2) is 54.1 Å². The van der Waals surface area contributed by atoms with Crippen molar-refractivity contribution in [2.75, 3.05) is 6.54 Å². The number of aliphatic hydroxyl groups excluding tert-OH is 1. The van der Waals surface area contributed by atoms with Crippen molar-refractivity contribution in [2.45, 2.75) is 45.6 Å². The lowest BCUT2D eigenvalue weighted by atomic mass is 9.95. The van der Waals surface area contributed by atoms with Crippen LogP contribution in [0.4, 0.5) is 0 Å². The maximum atomic E-state index is 12.9. The van der Waals surface area contributed by atoms with Crippen molar-refractivity contribution in [3.8, 4) is 0 Å². The van der Waals surface area contributed by atoms with Gasteiger partial charge in [-0.05, 0) is 36.1 Å². The summed E-state index contributed by atoms with van der Waals surface area (Å²) in [6.07, 6.45) is 3.67. The average molecular weight is 412 g/mol. The summed E-state index contributed by atoms with van der Waals surface area (Å²) in [4.78, 5) is 27.3. The molecule has 1 heterocycles. The van der Waals surface area contributed by atoms with Crippen molar-refractivity contribution < 1.29 is 14.7 Å². The SMILES string of the molecule is CCCCCN1C(=O)C(=O)/C(=C(\O)c2ccc(CC)cc2)C1c1ccc(Cl)cc1. The molecule has 1 atom stereocenters. The summed E-state index contributed by atoms with van der Waals surface area (Å²) in [5.74, 6) is -1.34. The minimum Gasteiger partial charge on any atom is -0.507 e. The lowest BCUT2D eigenvalue weighted by molar-refractivity contribution is -0.139. The Kier molecular flexibility index (Phi) is 6.75. The number of hydrogen-bond acceptors (Lipinski definition) is 3. The Labute approximate surface area is 176 Å². The van der Waals surface area contributed by atoms with Gasteiger partial charge < -0.3 is 10.0 Å². The van der Waals surface area contributed by atoms with Crippen molar-refractivity contribution in [1.82, 2.24) is 4.90 Å². The zero-order valence-corrected chi connectivity index (χ0v) is 17.6. The third-order valence-corrected chi connectivity index (χ3v) is 5.62. The van der Waals surface area contributed by atoms with Crippen LogP contribution in [-0.4, -0.2) is 28.2 Å². The Morgan fingerprint density at radius 2 is 1.66 bits per heavy atom. The number of ketones is 1. The van der Waals surface area contributed by atoms with Gasteiger partial charge in [-0.3, -0.25) is 9.59 Å². The molecule has 0 bridgehead atoms. The minimum atomic E-state index is -0.640. The van der Waals surface area contributed by atoms with Gasteiger partial charge in [0.25, 0.3) is 11.7 Å². The molecule has 0 radical (unpaired) electrons. The van der Waals surface area contributed by atoms with Crippen LogP contribution in [0.5, 0.6) is 0 Å². The van der Waals surface area contributed by atoms with E-state index in [4.69, 9.17) is 11.6 Å². The maximum absolute atomic E-state index is 12.9. The number of benzene rings is 2. The number of aryl methyl sites for hydroxylation is 1. The molecule has 1 aliphatic rings. The van der Waals surface area contributed by atoms with Crippen LogP contribution in [0.3, 0.4) is 0 Å². The van der Waals surface area contributed by atoms with Gasteiger partial charge in [-0.15, -0.1) is 0 Å². The second kappa shape index (κ2) is 9.27. The van der Waals surface area contributed by atoms with Gasteiger partial charge >= 0.3 is 0 Å². The van der Waals surface area contributed by atoms with Crippen molar-refractivity contribution >= 4 is 29.1 Å². The van der Waals surface area contributed by atoms with Crippen LogP contribution in [0.25, 0.3) is 5.76 Å². The molecule has 0 spiro atoms. The fourth-order valence-electron chi connectivity index (χ4n) is 3.69. The molecule has 1 saturated heterocycles. The molecule has 2 aromatic carbocycles. The second-order valence-electron chi connectivity index (χ2n) is 7.30. The van der Waals surface area contributed by atoms with Gasteiger partial charge in [0, 0.05) is 17.1 Å². The van der Waals surface area contributed by atoms with E-state index < -0.39 is 17.7 Å². The third kappa shape index (κ3) is 4.38. The first-order valence-electron chi connectivity index (χ1n) is 10.1. The Bertz CT molecular complexity index is 916. The van der Waals surface area contributed by atoms with Crippen LogP contribution in [0, 0.1) is 0 Å². The number of amides is 1.